The summed E-state index contributed by atoms with van der Waals surface area (Å²) in [6.45, 7) is 5.62. The molecule has 2 aromatic carbocycles. The summed E-state index contributed by atoms with van der Waals surface area (Å²) in [6, 6.07) is 11.0. The number of hydrogen-bond acceptors (Lipinski definition) is 7. The highest BCUT2D eigenvalue weighted by Gasteiger charge is 2.38. The summed E-state index contributed by atoms with van der Waals surface area (Å²) in [5, 5.41) is 9.06. The number of carbonyl (C=O) groups is 3. The van der Waals surface area contributed by atoms with Crippen LogP contribution in [0.4, 0.5) is 5.69 Å². The fraction of sp³-hybridized carbons (Fsp3) is 0.250. The first kappa shape index (κ1) is 26.2. The largest absolute Gasteiger partial charge is 0.482 e. The number of para-hydroxylation sites is 1. The van der Waals surface area contributed by atoms with Gasteiger partial charge in [0.1, 0.15) is 11.7 Å². The van der Waals surface area contributed by atoms with Crippen molar-refractivity contribution in [2.24, 2.45) is 5.92 Å². The molecule has 11 heteroatoms. The number of esters is 2. The number of hydrogen-bond donors (Lipinski definition) is 3. The molecule has 0 radical (unpaired) electrons. The molecule has 0 spiro atoms. The third-order valence-electron chi connectivity index (χ3n) is 5.10. The van der Waals surface area contributed by atoms with E-state index in [1.54, 1.807) is 49.4 Å². The lowest BCUT2D eigenvalue weighted by molar-refractivity contribution is -0.145. The molecule has 2 atom stereocenters. The van der Waals surface area contributed by atoms with E-state index in [9.17, 15) is 14.4 Å². The molecule has 0 aliphatic carbocycles. The van der Waals surface area contributed by atoms with E-state index in [2.05, 4.69) is 38.5 Å². The Morgan fingerprint density at radius 3 is 2.66 bits per heavy atom. The molecule has 1 aliphatic rings. The number of anilines is 1. The summed E-state index contributed by atoms with van der Waals surface area (Å²) >= 11 is 8.76. The lowest BCUT2D eigenvalue weighted by Crippen LogP contribution is -2.51. The summed E-state index contributed by atoms with van der Waals surface area (Å²) in [6.07, 6.45) is 0. The molecule has 184 valence electrons. The van der Waals surface area contributed by atoms with Crippen LogP contribution < -0.4 is 20.7 Å². The van der Waals surface area contributed by atoms with Crippen LogP contribution in [0.25, 0.3) is 0 Å². The molecular weight excluding hydrogens is 538 g/mol. The zero-order valence-electron chi connectivity index (χ0n) is 19.1. The van der Waals surface area contributed by atoms with Gasteiger partial charge in [-0.1, -0.05) is 34.6 Å². The zero-order chi connectivity index (χ0) is 25.5. The Morgan fingerprint density at radius 1 is 1.20 bits per heavy atom. The smallest absolute Gasteiger partial charge is 0.344 e. The third-order valence-corrected chi connectivity index (χ3v) is 5.81. The van der Waals surface area contributed by atoms with Crippen LogP contribution in [0.1, 0.15) is 28.9 Å². The van der Waals surface area contributed by atoms with Gasteiger partial charge in [0.15, 0.2) is 11.7 Å². The van der Waals surface area contributed by atoms with Gasteiger partial charge >= 0.3 is 11.9 Å². The highest BCUT2D eigenvalue weighted by atomic mass is 79.9. The predicted octanol–water partition coefficient (Wildman–Crippen LogP) is 3.47. The van der Waals surface area contributed by atoms with Crippen LogP contribution in [-0.4, -0.2) is 43.3 Å². The number of carbonyl (C=O) groups excluding carboxylic acids is 3. The maximum absolute atomic E-state index is 13.5. The summed E-state index contributed by atoms with van der Waals surface area (Å²) in [7, 11) is 1.26. The molecule has 2 aromatic rings. The minimum absolute atomic E-state index is 0.207. The minimum atomic E-state index is -0.869. The summed E-state index contributed by atoms with van der Waals surface area (Å²) < 4.78 is 16.2. The van der Waals surface area contributed by atoms with E-state index in [1.165, 1.54) is 7.11 Å². The first-order valence-electron chi connectivity index (χ1n) is 10.6. The molecule has 0 unspecified atom stereocenters. The van der Waals surface area contributed by atoms with Gasteiger partial charge in [-0.3, -0.25) is 4.79 Å². The highest BCUT2D eigenvalue weighted by Crippen LogP contribution is 2.37. The Bertz CT molecular complexity index is 1170. The van der Waals surface area contributed by atoms with Crippen LogP contribution in [0.15, 0.2) is 59.2 Å². The maximum Gasteiger partial charge on any atom is 0.344 e. The second-order valence-corrected chi connectivity index (χ2v) is 8.71. The number of amides is 1. The molecular formula is C24H24BrN3O6S. The molecule has 0 aromatic heterocycles. The van der Waals surface area contributed by atoms with Gasteiger partial charge in [0, 0.05) is 15.7 Å². The normalized spacial score (nSPS) is 17.0. The van der Waals surface area contributed by atoms with E-state index in [1.807, 2.05) is 0 Å². The Labute approximate surface area is 216 Å². The van der Waals surface area contributed by atoms with E-state index in [0.29, 0.717) is 17.0 Å². The van der Waals surface area contributed by atoms with Crippen molar-refractivity contribution in [3.05, 3.63) is 70.3 Å². The second kappa shape index (κ2) is 11.8. The van der Waals surface area contributed by atoms with Crippen molar-refractivity contribution in [3.63, 3.8) is 0 Å². The summed E-state index contributed by atoms with van der Waals surface area (Å²) in [5.74, 6) is -2.06. The third kappa shape index (κ3) is 6.37. The van der Waals surface area contributed by atoms with E-state index in [-0.39, 0.29) is 29.6 Å². The van der Waals surface area contributed by atoms with Crippen molar-refractivity contribution in [1.29, 1.82) is 0 Å². The molecule has 0 saturated carbocycles. The number of methoxy groups -OCH3 is 1. The quantitative estimate of drug-likeness (QED) is 0.329. The highest BCUT2D eigenvalue weighted by molar-refractivity contribution is 9.10. The van der Waals surface area contributed by atoms with E-state index < -0.39 is 29.8 Å². The molecule has 3 rings (SSSR count). The number of ether oxygens (including phenoxy) is 3. The van der Waals surface area contributed by atoms with E-state index >= 15 is 0 Å². The van der Waals surface area contributed by atoms with Gasteiger partial charge in [0.05, 0.1) is 31.0 Å². The Morgan fingerprint density at radius 2 is 1.94 bits per heavy atom. The monoisotopic (exact) mass is 561 g/mol. The van der Waals surface area contributed by atoms with Gasteiger partial charge in [0.25, 0.3) is 0 Å². The van der Waals surface area contributed by atoms with Crippen LogP contribution in [0.5, 0.6) is 5.75 Å². The van der Waals surface area contributed by atoms with Crippen molar-refractivity contribution in [3.8, 4) is 5.75 Å². The number of halogens is 1. The van der Waals surface area contributed by atoms with E-state index in [4.69, 9.17) is 26.4 Å². The topological polar surface area (TPSA) is 115 Å². The fourth-order valence-electron chi connectivity index (χ4n) is 3.58. The first-order valence-corrected chi connectivity index (χ1v) is 11.8. The molecule has 3 N–H and O–H groups in total. The SMILES string of the molecule is C=C1NC(=S)N[C@@H](c2cc(Br)ccc2OCC(=O)OCC)[C@H]1C(=O)Nc1ccccc1C(=O)OC. The number of benzene rings is 2. The number of nitrogens with one attached hydrogen (secondary N) is 3. The molecule has 1 aliphatic heterocycles. The van der Waals surface area contributed by atoms with Crippen LogP contribution in [0.3, 0.4) is 0 Å². The summed E-state index contributed by atoms with van der Waals surface area (Å²) in [4.78, 5) is 37.5. The fourth-order valence-corrected chi connectivity index (χ4v) is 4.21. The molecule has 0 bridgehead atoms. The molecule has 35 heavy (non-hydrogen) atoms. The predicted molar refractivity (Wildman–Crippen MR) is 137 cm³/mol. The van der Waals surface area contributed by atoms with E-state index in [0.717, 1.165) is 4.47 Å². The Hall–Kier alpha value is -3.44. The minimum Gasteiger partial charge on any atom is -0.482 e. The van der Waals surface area contributed by atoms with Gasteiger partial charge < -0.3 is 30.2 Å². The van der Waals surface area contributed by atoms with Crippen LogP contribution in [0, 0.1) is 5.92 Å². The van der Waals surface area contributed by atoms with Crippen molar-refractivity contribution in [2.45, 2.75) is 13.0 Å². The maximum atomic E-state index is 13.5. The molecule has 1 fully saturated rings. The van der Waals surface area contributed by atoms with Crippen molar-refractivity contribution < 1.29 is 28.6 Å². The summed E-state index contributed by atoms with van der Waals surface area (Å²) in [5.41, 5.74) is 1.41. The van der Waals surface area contributed by atoms with Crippen molar-refractivity contribution in [2.75, 3.05) is 25.6 Å². The van der Waals surface area contributed by atoms with Crippen molar-refractivity contribution >= 4 is 56.8 Å². The van der Waals surface area contributed by atoms with Gasteiger partial charge in [-0.15, -0.1) is 0 Å². The average molecular weight is 562 g/mol. The molecule has 1 heterocycles. The van der Waals surface area contributed by atoms with Crippen LogP contribution in [0.2, 0.25) is 0 Å². The second-order valence-electron chi connectivity index (χ2n) is 7.38. The lowest BCUT2D eigenvalue weighted by Gasteiger charge is -2.36. The first-order chi connectivity index (χ1) is 16.7. The number of rotatable bonds is 8. The Balaban J connectivity index is 1.95. The van der Waals surface area contributed by atoms with Gasteiger partial charge in [-0.25, -0.2) is 9.59 Å². The van der Waals surface area contributed by atoms with Crippen molar-refractivity contribution in [1.82, 2.24) is 10.6 Å². The molecule has 1 amide bonds. The zero-order valence-corrected chi connectivity index (χ0v) is 21.5. The van der Waals surface area contributed by atoms with Gasteiger partial charge in [-0.05, 0) is 49.5 Å². The average Bonchev–Trinajstić information content (AvgIpc) is 2.82. The number of thiocarbonyl (C=S) groups is 1. The van der Waals surface area contributed by atoms with Crippen LogP contribution >= 0.6 is 28.1 Å². The lowest BCUT2D eigenvalue weighted by atomic mass is 9.87. The van der Waals surface area contributed by atoms with Crippen LogP contribution in [-0.2, 0) is 19.1 Å². The molecule has 1 saturated heterocycles. The van der Waals surface area contributed by atoms with Gasteiger partial charge in [-0.2, -0.15) is 0 Å². The van der Waals surface area contributed by atoms with Gasteiger partial charge in [0.2, 0.25) is 5.91 Å². The standard InChI is InChI=1S/C24H24BrN3O6S/c1-4-33-19(29)12-34-18-10-9-14(25)11-16(18)21-20(13(2)26-24(35)28-21)22(30)27-17-8-6-5-7-15(17)23(31)32-3/h5-11,20-21H,2,4,12H2,1,3H3,(H,27,30)(H2,26,28,35)/t20-,21-/m0/s1. The molecule has 9 nitrogen and oxygen atoms in total. The Kier molecular flexibility index (Phi) is 8.83.